The monoisotopic (exact) mass is 409 g/mol. The molecular weight excluding hydrogens is 386 g/mol. The molecule has 1 amide bonds. The fourth-order valence-corrected chi connectivity index (χ4v) is 2.99. The van der Waals surface area contributed by atoms with Crippen LogP contribution in [0.5, 0.6) is 5.75 Å². The minimum Gasteiger partial charge on any atom is -0.410 e. The molecule has 0 atom stereocenters. The molecule has 4 rings (SSSR count). The third-order valence-electron chi connectivity index (χ3n) is 4.60. The number of nitrogens with one attached hydrogen (secondary N) is 3. The Kier molecular flexibility index (Phi) is 6.14. The normalized spacial score (nSPS) is 10.2. The van der Waals surface area contributed by atoms with Crippen molar-refractivity contribution in [1.82, 2.24) is 0 Å². The SMILES string of the molecule is Cc1ccc(NC(=O)Oc2ccc(Nc3ccc(Nc4ccccc4)cc3)cc2)cc1. The molecule has 3 N–H and O–H groups in total. The summed E-state index contributed by atoms with van der Waals surface area (Å²) in [6.07, 6.45) is -0.522. The van der Waals surface area contributed by atoms with Crippen LogP contribution in [0.15, 0.2) is 103 Å². The highest BCUT2D eigenvalue weighted by atomic mass is 16.6. The van der Waals surface area contributed by atoms with Crippen molar-refractivity contribution in [2.24, 2.45) is 0 Å². The first-order valence-electron chi connectivity index (χ1n) is 9.99. The summed E-state index contributed by atoms with van der Waals surface area (Å²) in [5.74, 6) is 0.470. The number of aryl methyl sites for hydroxylation is 1. The Morgan fingerprint density at radius 2 is 1.03 bits per heavy atom. The number of rotatable bonds is 6. The van der Waals surface area contributed by atoms with Crippen molar-refractivity contribution < 1.29 is 9.53 Å². The van der Waals surface area contributed by atoms with Gasteiger partial charge in [0.05, 0.1) is 0 Å². The molecule has 0 radical (unpaired) electrons. The minimum absolute atomic E-state index is 0.470. The fraction of sp³-hybridized carbons (Fsp3) is 0.0385. The van der Waals surface area contributed by atoms with Crippen LogP contribution in [0.25, 0.3) is 0 Å². The highest BCUT2D eigenvalue weighted by Crippen LogP contribution is 2.23. The van der Waals surface area contributed by atoms with E-state index in [4.69, 9.17) is 4.74 Å². The second-order valence-electron chi connectivity index (χ2n) is 7.10. The Bertz CT molecular complexity index is 1120. The Morgan fingerprint density at radius 1 is 0.581 bits per heavy atom. The molecule has 0 saturated heterocycles. The second-order valence-corrected chi connectivity index (χ2v) is 7.10. The van der Waals surface area contributed by atoms with Gasteiger partial charge in [-0.25, -0.2) is 4.79 Å². The molecule has 5 nitrogen and oxygen atoms in total. The van der Waals surface area contributed by atoms with Crippen LogP contribution in [-0.2, 0) is 0 Å². The zero-order chi connectivity index (χ0) is 21.5. The summed E-state index contributed by atoms with van der Waals surface area (Å²) >= 11 is 0. The lowest BCUT2D eigenvalue weighted by Crippen LogP contribution is -2.16. The number of carbonyl (C=O) groups is 1. The van der Waals surface area contributed by atoms with Gasteiger partial charge in [-0.1, -0.05) is 35.9 Å². The van der Waals surface area contributed by atoms with Gasteiger partial charge in [0.15, 0.2) is 0 Å². The van der Waals surface area contributed by atoms with Gasteiger partial charge in [-0.15, -0.1) is 0 Å². The predicted molar refractivity (Wildman–Crippen MR) is 127 cm³/mol. The number of benzene rings is 4. The van der Waals surface area contributed by atoms with Gasteiger partial charge in [0.25, 0.3) is 0 Å². The second kappa shape index (κ2) is 9.50. The first kappa shape index (κ1) is 20.0. The molecule has 4 aromatic carbocycles. The number of amides is 1. The Labute approximate surface area is 181 Å². The third-order valence-corrected chi connectivity index (χ3v) is 4.60. The van der Waals surface area contributed by atoms with Crippen molar-refractivity contribution in [3.8, 4) is 5.75 Å². The van der Waals surface area contributed by atoms with Crippen molar-refractivity contribution in [3.05, 3.63) is 109 Å². The van der Waals surface area contributed by atoms with Crippen molar-refractivity contribution in [2.75, 3.05) is 16.0 Å². The Hall–Kier alpha value is -4.25. The first-order valence-corrected chi connectivity index (χ1v) is 9.99. The molecule has 4 aromatic rings. The lowest BCUT2D eigenvalue weighted by Gasteiger charge is -2.10. The summed E-state index contributed by atoms with van der Waals surface area (Å²) in [7, 11) is 0. The van der Waals surface area contributed by atoms with Gasteiger partial charge in [-0.05, 0) is 79.7 Å². The average molecular weight is 409 g/mol. The van der Waals surface area contributed by atoms with Gasteiger partial charge < -0.3 is 15.4 Å². The van der Waals surface area contributed by atoms with E-state index >= 15 is 0 Å². The van der Waals surface area contributed by atoms with E-state index in [1.807, 2.05) is 97.9 Å². The number of para-hydroxylation sites is 1. The quantitative estimate of drug-likeness (QED) is 0.318. The molecule has 31 heavy (non-hydrogen) atoms. The number of hydrogen-bond donors (Lipinski definition) is 3. The van der Waals surface area contributed by atoms with Crippen molar-refractivity contribution >= 4 is 34.5 Å². The van der Waals surface area contributed by atoms with E-state index in [-0.39, 0.29) is 0 Å². The molecule has 0 spiro atoms. The van der Waals surface area contributed by atoms with Crippen LogP contribution in [0.3, 0.4) is 0 Å². The first-order chi connectivity index (χ1) is 15.1. The summed E-state index contributed by atoms with van der Waals surface area (Å²) in [6, 6.07) is 32.9. The number of hydrogen-bond acceptors (Lipinski definition) is 4. The van der Waals surface area contributed by atoms with Crippen LogP contribution in [0.2, 0.25) is 0 Å². The maximum absolute atomic E-state index is 12.1. The summed E-state index contributed by atoms with van der Waals surface area (Å²) in [6.45, 7) is 1.99. The Morgan fingerprint density at radius 3 is 1.58 bits per heavy atom. The fourth-order valence-electron chi connectivity index (χ4n) is 2.99. The van der Waals surface area contributed by atoms with E-state index in [0.29, 0.717) is 11.4 Å². The van der Waals surface area contributed by atoms with Crippen molar-refractivity contribution in [2.45, 2.75) is 6.92 Å². The highest BCUT2D eigenvalue weighted by molar-refractivity contribution is 5.86. The van der Waals surface area contributed by atoms with Crippen molar-refractivity contribution in [3.63, 3.8) is 0 Å². The van der Waals surface area contributed by atoms with Crippen LogP contribution in [0, 0.1) is 6.92 Å². The largest absolute Gasteiger partial charge is 0.417 e. The molecule has 0 aliphatic rings. The smallest absolute Gasteiger partial charge is 0.410 e. The lowest BCUT2D eigenvalue weighted by atomic mass is 10.2. The summed E-state index contributed by atoms with van der Waals surface area (Å²) in [5, 5.41) is 9.41. The number of anilines is 5. The van der Waals surface area contributed by atoms with Crippen LogP contribution < -0.4 is 20.7 Å². The molecule has 0 aromatic heterocycles. The van der Waals surface area contributed by atoms with E-state index in [1.54, 1.807) is 12.1 Å². The van der Waals surface area contributed by atoms with E-state index in [9.17, 15) is 4.79 Å². The molecule has 0 fully saturated rings. The molecule has 0 saturated carbocycles. The Balaban J connectivity index is 1.30. The molecule has 0 heterocycles. The van der Waals surface area contributed by atoms with E-state index < -0.39 is 6.09 Å². The summed E-state index contributed by atoms with van der Waals surface area (Å²) < 4.78 is 5.34. The molecule has 0 bridgehead atoms. The molecule has 154 valence electrons. The van der Waals surface area contributed by atoms with Crippen molar-refractivity contribution in [1.29, 1.82) is 0 Å². The van der Waals surface area contributed by atoms with E-state index in [0.717, 1.165) is 28.3 Å². The van der Waals surface area contributed by atoms with Gasteiger partial charge in [0.1, 0.15) is 5.75 Å². The van der Waals surface area contributed by atoms with Crippen LogP contribution in [0.4, 0.5) is 33.2 Å². The lowest BCUT2D eigenvalue weighted by molar-refractivity contribution is 0.215. The topological polar surface area (TPSA) is 62.4 Å². The predicted octanol–water partition coefficient (Wildman–Crippen LogP) is 7.09. The summed E-state index contributed by atoms with van der Waals surface area (Å²) in [5.41, 5.74) is 5.74. The zero-order valence-corrected chi connectivity index (χ0v) is 17.1. The molecule has 0 aliphatic carbocycles. The summed E-state index contributed by atoms with van der Waals surface area (Å²) in [4.78, 5) is 12.1. The highest BCUT2D eigenvalue weighted by Gasteiger charge is 2.05. The molecule has 0 unspecified atom stereocenters. The number of ether oxygens (including phenoxy) is 1. The van der Waals surface area contributed by atoms with Gasteiger partial charge in [0, 0.05) is 28.4 Å². The maximum atomic E-state index is 12.1. The van der Waals surface area contributed by atoms with Crippen LogP contribution in [0.1, 0.15) is 5.56 Å². The third kappa shape index (κ3) is 5.87. The zero-order valence-electron chi connectivity index (χ0n) is 17.1. The van der Waals surface area contributed by atoms with Gasteiger partial charge in [-0.3, -0.25) is 5.32 Å². The van der Waals surface area contributed by atoms with Gasteiger partial charge in [-0.2, -0.15) is 0 Å². The number of carbonyl (C=O) groups excluding carboxylic acids is 1. The minimum atomic E-state index is -0.522. The molecule has 5 heteroatoms. The molecule has 0 aliphatic heterocycles. The van der Waals surface area contributed by atoms with E-state index in [2.05, 4.69) is 16.0 Å². The van der Waals surface area contributed by atoms with Crippen LogP contribution in [-0.4, -0.2) is 6.09 Å². The maximum Gasteiger partial charge on any atom is 0.417 e. The standard InChI is InChI=1S/C26H23N3O2/c1-19-7-9-24(10-8-19)29-26(30)31-25-17-15-23(16-18-25)28-22-13-11-21(12-14-22)27-20-5-3-2-4-6-20/h2-18,27-28H,1H3,(H,29,30). The van der Waals surface area contributed by atoms with E-state index in [1.165, 1.54) is 0 Å². The van der Waals surface area contributed by atoms with Gasteiger partial charge >= 0.3 is 6.09 Å². The average Bonchev–Trinajstić information content (AvgIpc) is 2.79. The van der Waals surface area contributed by atoms with Gasteiger partial charge in [0.2, 0.25) is 0 Å². The van der Waals surface area contributed by atoms with Crippen LogP contribution >= 0.6 is 0 Å². The molecular formula is C26H23N3O2.